The topological polar surface area (TPSA) is 66.8 Å². The molecule has 0 saturated heterocycles. The highest BCUT2D eigenvalue weighted by atomic mass is 16.5. The van der Waals surface area contributed by atoms with Gasteiger partial charge in [-0.1, -0.05) is 13.0 Å². The average molecular weight is 210 g/mol. The quantitative estimate of drug-likeness (QED) is 0.592. The number of esters is 1. The third kappa shape index (κ3) is 2.62. The number of rotatable bonds is 3. The fraction of sp³-hybridized carbons (Fsp3) is 0.364. The zero-order valence-corrected chi connectivity index (χ0v) is 8.73. The fourth-order valence-electron chi connectivity index (χ4n) is 1.03. The molecule has 0 bridgehead atoms. The highest BCUT2D eigenvalue weighted by Crippen LogP contribution is 2.28. The number of carbonyl (C=O) groups excluding carboxylic acids is 1. The normalized spacial score (nSPS) is 12.1. The second-order valence-electron chi connectivity index (χ2n) is 3.30. The minimum Gasteiger partial charge on any atom is -0.504 e. The second-order valence-corrected chi connectivity index (χ2v) is 3.30. The van der Waals surface area contributed by atoms with Gasteiger partial charge in [-0.05, 0) is 25.5 Å². The summed E-state index contributed by atoms with van der Waals surface area (Å²) in [5.41, 5.74) is -0.0182. The van der Waals surface area contributed by atoms with Crippen LogP contribution in [0.25, 0.3) is 0 Å². The third-order valence-corrected chi connectivity index (χ3v) is 2.12. The predicted octanol–water partition coefficient (Wildman–Crippen LogP) is 2.05. The van der Waals surface area contributed by atoms with Crippen LogP contribution in [0.4, 0.5) is 0 Å². The van der Waals surface area contributed by atoms with Crippen LogP contribution in [0.1, 0.15) is 30.6 Å². The molecular weight excluding hydrogens is 196 g/mol. The summed E-state index contributed by atoms with van der Waals surface area (Å²) >= 11 is 0. The molecule has 0 fully saturated rings. The molecule has 0 radical (unpaired) electrons. The largest absolute Gasteiger partial charge is 0.504 e. The highest BCUT2D eigenvalue weighted by Gasteiger charge is 2.16. The van der Waals surface area contributed by atoms with Gasteiger partial charge in [0.25, 0.3) is 0 Å². The smallest absolute Gasteiger partial charge is 0.342 e. The van der Waals surface area contributed by atoms with Crippen molar-refractivity contribution >= 4 is 5.97 Å². The van der Waals surface area contributed by atoms with Crippen LogP contribution in [0.3, 0.4) is 0 Å². The van der Waals surface area contributed by atoms with Crippen LogP contribution in [0.2, 0.25) is 0 Å². The first kappa shape index (κ1) is 11.4. The van der Waals surface area contributed by atoms with Gasteiger partial charge in [0.15, 0.2) is 11.5 Å². The summed E-state index contributed by atoms with van der Waals surface area (Å²) in [6.45, 7) is 3.65. The zero-order valence-electron chi connectivity index (χ0n) is 8.73. The average Bonchev–Trinajstić information content (AvgIpc) is 2.21. The van der Waals surface area contributed by atoms with E-state index in [1.807, 2.05) is 6.92 Å². The first-order chi connectivity index (χ1) is 7.06. The Bertz CT molecular complexity index is 360. The molecule has 0 spiro atoms. The monoisotopic (exact) mass is 210 g/mol. The van der Waals surface area contributed by atoms with E-state index < -0.39 is 11.7 Å². The number of hydrogen-bond donors (Lipinski definition) is 2. The van der Waals surface area contributed by atoms with Crippen LogP contribution in [-0.4, -0.2) is 22.3 Å². The summed E-state index contributed by atoms with van der Waals surface area (Å²) in [5.74, 6) is -1.39. The maximum absolute atomic E-state index is 11.5. The van der Waals surface area contributed by atoms with Crippen LogP contribution < -0.4 is 0 Å². The van der Waals surface area contributed by atoms with E-state index in [1.165, 1.54) is 18.2 Å². The molecule has 1 unspecified atom stereocenters. The molecule has 4 heteroatoms. The molecule has 2 N–H and O–H groups in total. The molecular formula is C11H14O4. The van der Waals surface area contributed by atoms with Crippen LogP contribution in [0.5, 0.6) is 11.5 Å². The Balaban J connectivity index is 2.87. The summed E-state index contributed by atoms with van der Waals surface area (Å²) < 4.78 is 5.01. The predicted molar refractivity (Wildman–Crippen MR) is 54.9 cm³/mol. The van der Waals surface area contributed by atoms with Gasteiger partial charge < -0.3 is 14.9 Å². The standard InChI is InChI=1S/C11H14O4/c1-3-7(2)15-11(14)8-5-4-6-9(12)10(8)13/h4-7,12-13H,3H2,1-2H3. The summed E-state index contributed by atoms with van der Waals surface area (Å²) in [4.78, 5) is 11.5. The van der Waals surface area contributed by atoms with Crippen molar-refractivity contribution in [3.05, 3.63) is 23.8 Å². The van der Waals surface area contributed by atoms with Crippen molar-refractivity contribution in [1.29, 1.82) is 0 Å². The SMILES string of the molecule is CCC(C)OC(=O)c1cccc(O)c1O. The zero-order chi connectivity index (χ0) is 11.4. The number of phenolic OH excluding ortho intramolecular Hbond substituents is 2. The van der Waals surface area contributed by atoms with Crippen LogP contribution in [0, 0.1) is 0 Å². The van der Waals surface area contributed by atoms with E-state index in [9.17, 15) is 15.0 Å². The first-order valence-corrected chi connectivity index (χ1v) is 4.78. The lowest BCUT2D eigenvalue weighted by molar-refractivity contribution is 0.0330. The van der Waals surface area contributed by atoms with Crippen molar-refractivity contribution in [3.8, 4) is 11.5 Å². The molecule has 0 aliphatic heterocycles. The van der Waals surface area contributed by atoms with Crippen molar-refractivity contribution in [2.75, 3.05) is 0 Å². The van der Waals surface area contributed by atoms with E-state index in [0.29, 0.717) is 6.42 Å². The van der Waals surface area contributed by atoms with E-state index in [1.54, 1.807) is 6.92 Å². The van der Waals surface area contributed by atoms with Gasteiger partial charge in [-0.15, -0.1) is 0 Å². The number of ether oxygens (including phenoxy) is 1. The Kier molecular flexibility index (Phi) is 3.55. The van der Waals surface area contributed by atoms with Gasteiger partial charge in [-0.2, -0.15) is 0 Å². The highest BCUT2D eigenvalue weighted by molar-refractivity contribution is 5.93. The molecule has 1 aromatic rings. The van der Waals surface area contributed by atoms with Crippen molar-refractivity contribution in [3.63, 3.8) is 0 Å². The van der Waals surface area contributed by atoms with Crippen LogP contribution in [0.15, 0.2) is 18.2 Å². The van der Waals surface area contributed by atoms with E-state index in [-0.39, 0.29) is 17.4 Å². The maximum atomic E-state index is 11.5. The Morgan fingerprint density at radius 2 is 2.13 bits per heavy atom. The van der Waals surface area contributed by atoms with Crippen molar-refractivity contribution in [2.45, 2.75) is 26.4 Å². The summed E-state index contributed by atoms with van der Waals surface area (Å²) in [7, 11) is 0. The lowest BCUT2D eigenvalue weighted by Gasteiger charge is -2.11. The number of carbonyl (C=O) groups is 1. The van der Waals surface area contributed by atoms with Gasteiger partial charge in [0.05, 0.1) is 6.10 Å². The first-order valence-electron chi connectivity index (χ1n) is 4.78. The minimum absolute atomic E-state index is 0.0182. The molecule has 0 amide bonds. The Labute approximate surface area is 88.1 Å². The van der Waals surface area contributed by atoms with E-state index in [4.69, 9.17) is 4.74 Å². The third-order valence-electron chi connectivity index (χ3n) is 2.12. The van der Waals surface area contributed by atoms with E-state index in [2.05, 4.69) is 0 Å². The van der Waals surface area contributed by atoms with Gasteiger partial charge in [0.1, 0.15) is 5.56 Å². The summed E-state index contributed by atoms with van der Waals surface area (Å²) in [6, 6.07) is 4.18. The fourth-order valence-corrected chi connectivity index (χ4v) is 1.03. The molecule has 0 aliphatic rings. The van der Waals surface area contributed by atoms with Gasteiger partial charge in [0.2, 0.25) is 0 Å². The molecule has 0 aromatic heterocycles. The Morgan fingerprint density at radius 1 is 1.47 bits per heavy atom. The lowest BCUT2D eigenvalue weighted by atomic mass is 10.2. The molecule has 1 aromatic carbocycles. The number of benzene rings is 1. The molecule has 0 saturated carbocycles. The van der Waals surface area contributed by atoms with Crippen molar-refractivity contribution in [1.82, 2.24) is 0 Å². The number of phenols is 2. The number of aromatic hydroxyl groups is 2. The number of hydrogen-bond acceptors (Lipinski definition) is 4. The van der Waals surface area contributed by atoms with Crippen LogP contribution in [-0.2, 0) is 4.74 Å². The minimum atomic E-state index is -0.627. The molecule has 0 heterocycles. The van der Waals surface area contributed by atoms with Gasteiger partial charge in [-0.3, -0.25) is 0 Å². The van der Waals surface area contributed by atoms with E-state index in [0.717, 1.165) is 0 Å². The molecule has 1 atom stereocenters. The Hall–Kier alpha value is -1.71. The molecule has 1 rings (SSSR count). The van der Waals surface area contributed by atoms with Gasteiger partial charge in [-0.25, -0.2) is 4.79 Å². The Morgan fingerprint density at radius 3 is 2.73 bits per heavy atom. The van der Waals surface area contributed by atoms with Gasteiger partial charge >= 0.3 is 5.97 Å². The summed E-state index contributed by atoms with van der Waals surface area (Å²) in [6.07, 6.45) is 0.491. The van der Waals surface area contributed by atoms with E-state index >= 15 is 0 Å². The molecule has 15 heavy (non-hydrogen) atoms. The molecule has 0 aliphatic carbocycles. The summed E-state index contributed by atoms with van der Waals surface area (Å²) in [5, 5.41) is 18.6. The van der Waals surface area contributed by atoms with Crippen molar-refractivity contribution in [2.24, 2.45) is 0 Å². The molecule has 82 valence electrons. The van der Waals surface area contributed by atoms with Crippen LogP contribution >= 0.6 is 0 Å². The number of para-hydroxylation sites is 1. The lowest BCUT2D eigenvalue weighted by Crippen LogP contribution is -2.14. The molecule has 4 nitrogen and oxygen atoms in total. The van der Waals surface area contributed by atoms with Crippen molar-refractivity contribution < 1.29 is 19.7 Å². The maximum Gasteiger partial charge on any atom is 0.342 e. The van der Waals surface area contributed by atoms with Gasteiger partial charge in [0, 0.05) is 0 Å². The second kappa shape index (κ2) is 4.68.